The minimum absolute atomic E-state index is 0.0875. The Morgan fingerprint density at radius 1 is 0.778 bits per heavy atom. The van der Waals surface area contributed by atoms with Gasteiger partial charge in [-0.2, -0.15) is 0 Å². The van der Waals surface area contributed by atoms with E-state index in [9.17, 15) is 14.7 Å². The molecule has 2 aromatic rings. The van der Waals surface area contributed by atoms with Gasteiger partial charge in [0, 0.05) is 17.4 Å². The minimum Gasteiger partial charge on any atom is -0.504 e. The molecule has 0 aliphatic rings. The van der Waals surface area contributed by atoms with E-state index in [0.29, 0.717) is 12.0 Å². The number of alkyl halides is 1. The Morgan fingerprint density at radius 3 is 1.97 bits per heavy atom. The first-order valence-corrected chi connectivity index (χ1v) is 14.2. The van der Waals surface area contributed by atoms with E-state index in [4.69, 9.17) is 16.3 Å². The van der Waals surface area contributed by atoms with E-state index < -0.39 is 5.97 Å². The maximum Gasteiger partial charge on any atom is 0.311 e. The molecule has 36 heavy (non-hydrogen) atoms. The quantitative estimate of drug-likeness (QED) is 0.0667. The molecule has 0 saturated heterocycles. The monoisotopic (exact) mass is 514 g/mol. The van der Waals surface area contributed by atoms with Crippen molar-refractivity contribution < 1.29 is 19.4 Å². The molecule has 198 valence electrons. The fourth-order valence-corrected chi connectivity index (χ4v) is 4.61. The summed E-state index contributed by atoms with van der Waals surface area (Å²) in [7, 11) is 0. The Balaban J connectivity index is 1.63. The molecule has 5 heteroatoms. The first kappa shape index (κ1) is 29.9. The third-order valence-electron chi connectivity index (χ3n) is 6.52. The number of phenols is 1. The van der Waals surface area contributed by atoms with Crippen molar-refractivity contribution in [3.8, 4) is 11.5 Å². The highest BCUT2D eigenvalue weighted by Gasteiger charge is 2.20. The number of esters is 1. The lowest BCUT2D eigenvalue weighted by Gasteiger charge is -2.12. The minimum atomic E-state index is -0.501. The van der Waals surface area contributed by atoms with Gasteiger partial charge in [-0.25, -0.2) is 0 Å². The highest BCUT2D eigenvalue weighted by molar-refractivity contribution is 6.20. The summed E-state index contributed by atoms with van der Waals surface area (Å²) in [5.74, 6) is -1.14. The summed E-state index contributed by atoms with van der Waals surface area (Å²) < 4.78 is 5.42. The smallest absolute Gasteiger partial charge is 0.311 e. The van der Waals surface area contributed by atoms with Crippen LogP contribution in [0.25, 0.3) is 0 Å². The van der Waals surface area contributed by atoms with Crippen LogP contribution in [0.3, 0.4) is 0 Å². The molecule has 1 unspecified atom stereocenters. The molecule has 1 N–H and O–H groups in total. The number of unbranched alkanes of at least 4 members (excludes halogenated alkanes) is 11. The Labute approximate surface area is 222 Å². The number of hydrogen-bond acceptors (Lipinski definition) is 4. The number of halogens is 1. The number of ketones is 1. The van der Waals surface area contributed by atoms with Crippen LogP contribution in [0.2, 0.25) is 0 Å². The molecule has 0 heterocycles. The Morgan fingerprint density at radius 2 is 1.36 bits per heavy atom. The van der Waals surface area contributed by atoms with Gasteiger partial charge in [-0.05, 0) is 25.0 Å². The van der Waals surface area contributed by atoms with Crippen LogP contribution >= 0.6 is 11.6 Å². The van der Waals surface area contributed by atoms with Gasteiger partial charge in [0.05, 0.1) is 5.56 Å². The van der Waals surface area contributed by atoms with Crippen LogP contribution in [0.15, 0.2) is 48.5 Å². The number of rotatable bonds is 19. The summed E-state index contributed by atoms with van der Waals surface area (Å²) in [5, 5.41) is 10.1. The van der Waals surface area contributed by atoms with Gasteiger partial charge in [0.25, 0.3) is 0 Å². The zero-order valence-electron chi connectivity index (χ0n) is 21.9. The summed E-state index contributed by atoms with van der Waals surface area (Å²) in [6.45, 7) is 2.26. The summed E-state index contributed by atoms with van der Waals surface area (Å²) in [6.07, 6.45) is 17.2. The van der Waals surface area contributed by atoms with Crippen LogP contribution in [-0.4, -0.2) is 22.2 Å². The van der Waals surface area contributed by atoms with Gasteiger partial charge in [0.1, 0.15) is 0 Å². The van der Waals surface area contributed by atoms with Crippen molar-refractivity contribution in [2.24, 2.45) is 0 Å². The SMILES string of the molecule is CCCCCCCCCCCCCCC(Cl)CCC(=O)Oc1c(O)cccc1C(=O)c1ccccc1. The Bertz CT molecular complexity index is 897. The number of phenolic OH excluding ortho intramolecular Hbond substituents is 1. The van der Waals surface area contributed by atoms with Gasteiger partial charge in [0.15, 0.2) is 17.3 Å². The largest absolute Gasteiger partial charge is 0.504 e. The third-order valence-corrected chi connectivity index (χ3v) is 6.96. The number of benzene rings is 2. The van der Waals surface area contributed by atoms with Gasteiger partial charge in [-0.1, -0.05) is 120 Å². The molecule has 1 atom stereocenters. The second-order valence-corrected chi connectivity index (χ2v) is 10.3. The molecule has 0 saturated carbocycles. The first-order valence-electron chi connectivity index (χ1n) is 13.8. The van der Waals surface area contributed by atoms with Crippen molar-refractivity contribution in [2.75, 3.05) is 0 Å². The van der Waals surface area contributed by atoms with E-state index in [1.807, 2.05) is 6.07 Å². The summed E-state index contributed by atoms with van der Waals surface area (Å²) in [6, 6.07) is 13.2. The van der Waals surface area contributed by atoms with Crippen molar-refractivity contribution in [3.63, 3.8) is 0 Å². The molecule has 0 amide bonds. The van der Waals surface area contributed by atoms with Gasteiger partial charge in [0.2, 0.25) is 0 Å². The topological polar surface area (TPSA) is 63.6 Å². The molecule has 2 rings (SSSR count). The van der Waals surface area contributed by atoms with Crippen molar-refractivity contribution in [1.29, 1.82) is 0 Å². The zero-order valence-corrected chi connectivity index (χ0v) is 22.6. The van der Waals surface area contributed by atoms with Crippen molar-refractivity contribution in [3.05, 3.63) is 59.7 Å². The van der Waals surface area contributed by atoms with E-state index in [-0.39, 0.29) is 34.6 Å². The lowest BCUT2D eigenvalue weighted by Crippen LogP contribution is -2.13. The Kier molecular flexibility index (Phi) is 14.9. The number of aromatic hydroxyl groups is 1. The highest BCUT2D eigenvalue weighted by atomic mass is 35.5. The number of hydrogen-bond donors (Lipinski definition) is 1. The number of carbonyl (C=O) groups is 2. The number of para-hydroxylation sites is 1. The van der Waals surface area contributed by atoms with Gasteiger partial charge in [-0.15, -0.1) is 11.6 Å². The average Bonchev–Trinajstić information content (AvgIpc) is 2.89. The molecule has 0 aromatic heterocycles. The second kappa shape index (κ2) is 18.0. The summed E-state index contributed by atoms with van der Waals surface area (Å²) in [4.78, 5) is 25.3. The van der Waals surface area contributed by atoms with Crippen LogP contribution in [0.5, 0.6) is 11.5 Å². The lowest BCUT2D eigenvalue weighted by molar-refractivity contribution is -0.134. The standard InChI is InChI=1S/C31H43ClO4/c1-2-3-4-5-6-7-8-9-10-11-12-16-20-26(32)23-24-29(34)36-31-27(21-17-22-28(31)33)30(35)25-18-14-13-15-19-25/h13-15,17-19,21-22,26,33H,2-12,16,20,23-24H2,1H3. The molecule has 0 radical (unpaired) electrons. The third kappa shape index (κ3) is 11.6. The molecular formula is C31H43ClO4. The lowest BCUT2D eigenvalue weighted by atomic mass is 10.0. The van der Waals surface area contributed by atoms with Crippen molar-refractivity contribution >= 4 is 23.4 Å². The van der Waals surface area contributed by atoms with Gasteiger partial charge in [-0.3, -0.25) is 9.59 Å². The number of carbonyl (C=O) groups excluding carboxylic acids is 2. The average molecular weight is 515 g/mol. The van der Waals surface area contributed by atoms with Crippen LogP contribution in [0.1, 0.15) is 119 Å². The number of ether oxygens (including phenoxy) is 1. The second-order valence-electron chi connectivity index (χ2n) is 9.64. The predicted molar refractivity (Wildman–Crippen MR) is 148 cm³/mol. The van der Waals surface area contributed by atoms with E-state index in [0.717, 1.165) is 12.8 Å². The molecule has 0 aliphatic heterocycles. The summed E-state index contributed by atoms with van der Waals surface area (Å²) in [5.41, 5.74) is 0.622. The molecule has 4 nitrogen and oxygen atoms in total. The predicted octanol–water partition coefficient (Wildman–Crippen LogP) is 9.01. The highest BCUT2D eigenvalue weighted by Crippen LogP contribution is 2.32. The van der Waals surface area contributed by atoms with Crippen molar-refractivity contribution in [1.82, 2.24) is 0 Å². The molecule has 0 fully saturated rings. The van der Waals surface area contributed by atoms with E-state index >= 15 is 0 Å². The maximum absolute atomic E-state index is 12.8. The zero-order chi connectivity index (χ0) is 26.0. The van der Waals surface area contributed by atoms with Gasteiger partial charge >= 0.3 is 5.97 Å². The van der Waals surface area contributed by atoms with E-state index in [1.54, 1.807) is 36.4 Å². The fourth-order valence-electron chi connectivity index (χ4n) is 4.35. The first-order chi connectivity index (χ1) is 17.5. The normalized spacial score (nSPS) is 11.8. The molecule has 0 aliphatic carbocycles. The van der Waals surface area contributed by atoms with E-state index in [2.05, 4.69) is 6.92 Å². The van der Waals surface area contributed by atoms with Crippen LogP contribution in [-0.2, 0) is 4.79 Å². The molecule has 2 aromatic carbocycles. The van der Waals surface area contributed by atoms with Crippen molar-refractivity contribution in [2.45, 2.75) is 109 Å². The molecular weight excluding hydrogens is 472 g/mol. The molecule has 0 spiro atoms. The van der Waals surface area contributed by atoms with Crippen LogP contribution < -0.4 is 4.74 Å². The Hall–Kier alpha value is -2.33. The van der Waals surface area contributed by atoms with Gasteiger partial charge < -0.3 is 9.84 Å². The van der Waals surface area contributed by atoms with Crippen LogP contribution in [0, 0.1) is 0 Å². The fraction of sp³-hybridized carbons (Fsp3) is 0.548. The summed E-state index contributed by atoms with van der Waals surface area (Å²) >= 11 is 6.44. The maximum atomic E-state index is 12.8. The van der Waals surface area contributed by atoms with Crippen LogP contribution in [0.4, 0.5) is 0 Å². The molecule has 0 bridgehead atoms. The van der Waals surface area contributed by atoms with E-state index in [1.165, 1.54) is 76.7 Å².